The van der Waals surface area contributed by atoms with Gasteiger partial charge in [0.15, 0.2) is 0 Å². The molecule has 1 aliphatic carbocycles. The lowest BCUT2D eigenvalue weighted by atomic mass is 9.97. The van der Waals surface area contributed by atoms with Crippen LogP contribution < -0.4 is 10.9 Å². The number of nitrogens with one attached hydrogen (secondary N) is 1. The Morgan fingerprint density at radius 2 is 1.84 bits per heavy atom. The third kappa shape index (κ3) is 5.86. The largest absolute Gasteiger partial charge is 0.450 e. The van der Waals surface area contributed by atoms with E-state index in [9.17, 15) is 9.59 Å². The number of piperidine rings is 1. The van der Waals surface area contributed by atoms with Crippen LogP contribution in [0.15, 0.2) is 33.5 Å². The third-order valence-electron chi connectivity index (χ3n) is 6.22. The highest BCUT2D eigenvalue weighted by atomic mass is 16.5. The van der Waals surface area contributed by atoms with E-state index in [1.54, 1.807) is 25.1 Å². The third-order valence-corrected chi connectivity index (χ3v) is 6.22. The second kappa shape index (κ2) is 10.3. The molecule has 1 amide bonds. The molecule has 31 heavy (non-hydrogen) atoms. The quantitative estimate of drug-likeness (QED) is 0.673. The minimum absolute atomic E-state index is 0.293. The number of nitrogens with zero attached hydrogens (tertiary/aromatic N) is 1. The Morgan fingerprint density at radius 1 is 1.10 bits per heavy atom. The first-order valence-corrected chi connectivity index (χ1v) is 11.5. The van der Waals surface area contributed by atoms with Crippen LogP contribution in [0, 0.1) is 0 Å². The smallest absolute Gasteiger partial charge is 0.411 e. The number of amides is 1. The predicted octanol–water partition coefficient (Wildman–Crippen LogP) is 4.68. The zero-order valence-corrected chi connectivity index (χ0v) is 18.2. The van der Waals surface area contributed by atoms with E-state index in [-0.39, 0.29) is 5.63 Å². The molecule has 2 heterocycles. The van der Waals surface area contributed by atoms with Gasteiger partial charge < -0.3 is 13.9 Å². The van der Waals surface area contributed by atoms with E-state index in [1.165, 1.54) is 32.1 Å². The van der Waals surface area contributed by atoms with Crippen molar-refractivity contribution in [1.82, 2.24) is 4.90 Å². The Balaban J connectivity index is 1.39. The summed E-state index contributed by atoms with van der Waals surface area (Å²) in [6.45, 7) is 4.66. The van der Waals surface area contributed by atoms with Gasteiger partial charge >= 0.3 is 11.7 Å². The summed E-state index contributed by atoms with van der Waals surface area (Å²) in [5, 5.41) is 3.53. The molecule has 1 aromatic heterocycles. The van der Waals surface area contributed by atoms with Gasteiger partial charge in [-0.25, -0.2) is 9.59 Å². The molecular formula is C24H32N2O5. The van der Waals surface area contributed by atoms with Gasteiger partial charge in [-0.1, -0.05) is 19.3 Å². The second-order valence-electron chi connectivity index (χ2n) is 8.52. The van der Waals surface area contributed by atoms with Gasteiger partial charge in [0, 0.05) is 42.8 Å². The molecule has 0 radical (unpaired) electrons. The van der Waals surface area contributed by atoms with E-state index < -0.39 is 6.09 Å². The number of hydrogen-bond donors (Lipinski definition) is 1. The number of likely N-dealkylation sites (tertiary alicyclic amines) is 1. The van der Waals surface area contributed by atoms with Crippen LogP contribution in [0.2, 0.25) is 0 Å². The van der Waals surface area contributed by atoms with Gasteiger partial charge in [-0.05, 0) is 50.3 Å². The number of rotatable bonds is 6. The molecule has 0 spiro atoms. The number of carbonyl (C=O) groups excluding carboxylic acids is 1. The first kappa shape index (κ1) is 21.8. The van der Waals surface area contributed by atoms with Crippen molar-refractivity contribution in [2.24, 2.45) is 0 Å². The first-order chi connectivity index (χ1) is 15.1. The molecule has 1 saturated heterocycles. The van der Waals surface area contributed by atoms with Crippen molar-refractivity contribution in [3.05, 3.63) is 40.2 Å². The number of fused-ring (bicyclic) bond motifs is 1. The van der Waals surface area contributed by atoms with Gasteiger partial charge in [-0.3, -0.25) is 10.2 Å². The van der Waals surface area contributed by atoms with E-state index >= 15 is 0 Å². The van der Waals surface area contributed by atoms with Crippen LogP contribution in [0.25, 0.3) is 11.0 Å². The molecule has 168 valence electrons. The molecular weight excluding hydrogens is 396 g/mol. The van der Waals surface area contributed by atoms with Crippen LogP contribution in [0.1, 0.15) is 57.4 Å². The molecule has 1 aromatic carbocycles. The highest BCUT2D eigenvalue weighted by molar-refractivity contribution is 5.89. The van der Waals surface area contributed by atoms with Gasteiger partial charge in [0.1, 0.15) is 5.58 Å². The van der Waals surface area contributed by atoms with Crippen LogP contribution in [-0.2, 0) is 16.0 Å². The topological polar surface area (TPSA) is 81.0 Å². The molecule has 4 rings (SSSR count). The van der Waals surface area contributed by atoms with Crippen molar-refractivity contribution in [2.75, 3.05) is 25.0 Å². The van der Waals surface area contributed by atoms with E-state index in [4.69, 9.17) is 13.9 Å². The van der Waals surface area contributed by atoms with E-state index in [0.717, 1.165) is 36.9 Å². The summed E-state index contributed by atoms with van der Waals surface area (Å²) >= 11 is 0. The monoisotopic (exact) mass is 428 g/mol. The fraction of sp³-hybridized carbons (Fsp3) is 0.583. The summed E-state index contributed by atoms with van der Waals surface area (Å²) in [6.07, 6.45) is 8.69. The fourth-order valence-corrected chi connectivity index (χ4v) is 4.64. The summed E-state index contributed by atoms with van der Waals surface area (Å²) in [4.78, 5) is 26.2. The zero-order valence-electron chi connectivity index (χ0n) is 18.2. The van der Waals surface area contributed by atoms with Crippen LogP contribution in [-0.4, -0.2) is 42.9 Å². The number of benzene rings is 1. The lowest BCUT2D eigenvalue weighted by molar-refractivity contribution is -0.0565. The van der Waals surface area contributed by atoms with Crippen LogP contribution in [0.3, 0.4) is 0 Å². The van der Waals surface area contributed by atoms with Crippen molar-refractivity contribution in [1.29, 1.82) is 0 Å². The van der Waals surface area contributed by atoms with Gasteiger partial charge in [0.2, 0.25) is 0 Å². The van der Waals surface area contributed by atoms with Crippen LogP contribution in [0.4, 0.5) is 10.5 Å². The molecule has 7 heteroatoms. The van der Waals surface area contributed by atoms with Gasteiger partial charge in [-0.2, -0.15) is 0 Å². The maximum absolute atomic E-state index is 12.1. The van der Waals surface area contributed by atoms with Crippen molar-refractivity contribution >= 4 is 22.7 Å². The number of ether oxygens (including phenoxy) is 2. The molecule has 1 aliphatic heterocycles. The lowest BCUT2D eigenvalue weighted by Gasteiger charge is -2.35. The summed E-state index contributed by atoms with van der Waals surface area (Å²) < 4.78 is 16.6. The summed E-state index contributed by atoms with van der Waals surface area (Å²) in [5.74, 6) is 0. The number of carbonyl (C=O) groups is 1. The first-order valence-electron chi connectivity index (χ1n) is 11.5. The van der Waals surface area contributed by atoms with Gasteiger partial charge in [0.25, 0.3) is 0 Å². The highest BCUT2D eigenvalue weighted by Crippen LogP contribution is 2.27. The normalized spacial score (nSPS) is 18.9. The predicted molar refractivity (Wildman–Crippen MR) is 119 cm³/mol. The number of hydrogen-bond acceptors (Lipinski definition) is 6. The molecule has 2 fully saturated rings. The molecule has 2 aromatic rings. The summed E-state index contributed by atoms with van der Waals surface area (Å²) in [5.41, 5.74) is 1.56. The van der Waals surface area contributed by atoms with Crippen LogP contribution >= 0.6 is 0 Å². The molecule has 1 N–H and O–H groups in total. The van der Waals surface area contributed by atoms with E-state index in [1.807, 2.05) is 6.07 Å². The number of anilines is 1. The van der Waals surface area contributed by atoms with Crippen LogP contribution in [0.5, 0.6) is 0 Å². The Bertz CT molecular complexity index is 943. The van der Waals surface area contributed by atoms with Gasteiger partial charge in [0.05, 0.1) is 18.8 Å². The molecule has 0 bridgehead atoms. The van der Waals surface area contributed by atoms with Gasteiger partial charge in [-0.15, -0.1) is 0 Å². The molecule has 1 saturated carbocycles. The standard InChI is InChI=1S/C24H32N2O5/c1-2-29-24(28)25-18-8-9-21-17(14-23(27)31-22(21)15-18)16-26-12-10-20(11-13-26)30-19-6-4-3-5-7-19/h8-9,14-15,19-20H,2-7,10-13,16H2,1H3,(H,25,28). The fourth-order valence-electron chi connectivity index (χ4n) is 4.64. The maximum atomic E-state index is 12.1. The second-order valence-corrected chi connectivity index (χ2v) is 8.52. The zero-order chi connectivity index (χ0) is 21.6. The van der Waals surface area contributed by atoms with E-state index in [0.29, 0.717) is 36.6 Å². The maximum Gasteiger partial charge on any atom is 0.411 e. The van der Waals surface area contributed by atoms with Crippen molar-refractivity contribution in [3.8, 4) is 0 Å². The molecule has 2 aliphatic rings. The summed E-state index contributed by atoms with van der Waals surface area (Å²) in [6, 6.07) is 6.92. The highest BCUT2D eigenvalue weighted by Gasteiger charge is 2.24. The average Bonchev–Trinajstić information content (AvgIpc) is 2.75. The Hall–Kier alpha value is -2.38. The van der Waals surface area contributed by atoms with E-state index in [2.05, 4.69) is 10.2 Å². The van der Waals surface area contributed by atoms with Crippen molar-refractivity contribution in [3.63, 3.8) is 0 Å². The minimum Gasteiger partial charge on any atom is -0.450 e. The Morgan fingerprint density at radius 3 is 2.58 bits per heavy atom. The van der Waals surface area contributed by atoms with Crippen molar-refractivity contribution < 1.29 is 18.7 Å². The SMILES string of the molecule is CCOC(=O)Nc1ccc2c(CN3CCC(OC4CCCCC4)CC3)cc(=O)oc2c1. The molecule has 0 atom stereocenters. The minimum atomic E-state index is -0.529. The average molecular weight is 429 g/mol. The lowest BCUT2D eigenvalue weighted by Crippen LogP contribution is -2.38. The molecule has 7 nitrogen and oxygen atoms in total. The molecule has 0 unspecified atom stereocenters. The summed E-state index contributed by atoms with van der Waals surface area (Å²) in [7, 11) is 0. The Labute approximate surface area is 182 Å². The van der Waals surface area contributed by atoms with Crippen molar-refractivity contribution in [2.45, 2.75) is 70.6 Å². The Kier molecular flexibility index (Phi) is 7.25.